The summed E-state index contributed by atoms with van der Waals surface area (Å²) < 4.78 is 5.34. The molecule has 0 aromatic carbocycles. The fraction of sp³-hybridized carbons (Fsp3) is 0.273. The van der Waals surface area contributed by atoms with Crippen molar-refractivity contribution in [2.45, 2.75) is 19.0 Å². The van der Waals surface area contributed by atoms with Gasteiger partial charge in [0.15, 0.2) is 0 Å². The zero-order chi connectivity index (χ0) is 14.7. The number of aromatic amines is 1. The number of H-pyrrole nitrogens is 1. The Kier molecular flexibility index (Phi) is 3.95. The second kappa shape index (κ2) is 5.66. The summed E-state index contributed by atoms with van der Waals surface area (Å²) in [4.78, 5) is 15.6. The van der Waals surface area contributed by atoms with Crippen LogP contribution in [-0.2, 0) is 4.79 Å². The summed E-state index contributed by atoms with van der Waals surface area (Å²) >= 11 is 1.12. The molecule has 0 aliphatic carbocycles. The molecule has 2 rings (SSSR count). The van der Waals surface area contributed by atoms with Crippen molar-refractivity contribution in [2.75, 3.05) is 16.8 Å². The van der Waals surface area contributed by atoms with E-state index in [2.05, 4.69) is 20.5 Å². The van der Waals surface area contributed by atoms with Gasteiger partial charge in [0.2, 0.25) is 22.9 Å². The lowest BCUT2D eigenvalue weighted by Gasteiger charge is -2.00. The molecule has 20 heavy (non-hydrogen) atoms. The molecule has 2 aromatic heterocycles. The first-order valence-electron chi connectivity index (χ1n) is 5.62. The molecule has 0 fully saturated rings. The van der Waals surface area contributed by atoms with Crippen LogP contribution >= 0.6 is 11.8 Å². The van der Waals surface area contributed by atoms with Crippen LogP contribution in [0.4, 0.5) is 11.8 Å². The van der Waals surface area contributed by atoms with E-state index in [0.717, 1.165) is 17.3 Å². The van der Waals surface area contributed by atoms with E-state index in [-0.39, 0.29) is 23.5 Å². The third-order valence-corrected chi connectivity index (χ3v) is 3.41. The van der Waals surface area contributed by atoms with Gasteiger partial charge >= 0.3 is 0 Å². The molecular formula is C11H12N6O2S. The molecule has 0 saturated carbocycles. The van der Waals surface area contributed by atoms with E-state index in [1.54, 1.807) is 13.8 Å². The van der Waals surface area contributed by atoms with Gasteiger partial charge in [-0.2, -0.15) is 10.2 Å². The van der Waals surface area contributed by atoms with E-state index in [1.165, 1.54) is 0 Å². The number of rotatable bonds is 4. The van der Waals surface area contributed by atoms with Crippen LogP contribution in [-0.4, -0.2) is 26.8 Å². The van der Waals surface area contributed by atoms with Crippen molar-refractivity contribution in [1.29, 1.82) is 5.26 Å². The first-order valence-corrected chi connectivity index (χ1v) is 6.60. The molecule has 4 N–H and O–H groups in total. The number of aryl methyl sites for hydroxylation is 1. The highest BCUT2D eigenvalue weighted by atomic mass is 32.2. The van der Waals surface area contributed by atoms with Gasteiger partial charge in [0, 0.05) is 5.56 Å². The number of anilines is 2. The van der Waals surface area contributed by atoms with Gasteiger partial charge in [0.25, 0.3) is 0 Å². The molecule has 0 atom stereocenters. The number of hydrogen-bond acceptors (Lipinski definition) is 7. The molecule has 0 unspecified atom stereocenters. The second-order valence-electron chi connectivity index (χ2n) is 3.94. The van der Waals surface area contributed by atoms with Crippen molar-refractivity contribution in [3.8, 4) is 6.07 Å². The van der Waals surface area contributed by atoms with Crippen LogP contribution in [0.25, 0.3) is 0 Å². The maximum atomic E-state index is 11.8. The smallest absolute Gasteiger partial charge is 0.237 e. The van der Waals surface area contributed by atoms with Crippen LogP contribution in [0.1, 0.15) is 16.9 Å². The Bertz CT molecular complexity index is 684. The Balaban J connectivity index is 1.98. The van der Waals surface area contributed by atoms with E-state index < -0.39 is 0 Å². The normalized spacial score (nSPS) is 10.2. The summed E-state index contributed by atoms with van der Waals surface area (Å²) in [7, 11) is 0. The molecule has 0 saturated heterocycles. The predicted octanol–water partition coefficient (Wildman–Crippen LogP) is 1.20. The lowest BCUT2D eigenvalue weighted by molar-refractivity contribution is -0.113. The molecule has 104 valence electrons. The third-order valence-electron chi connectivity index (χ3n) is 2.56. The van der Waals surface area contributed by atoms with Crippen molar-refractivity contribution in [2.24, 2.45) is 0 Å². The number of carbonyl (C=O) groups excluding carboxylic acids is 1. The Morgan fingerprint density at radius 3 is 2.95 bits per heavy atom. The fourth-order valence-corrected chi connectivity index (χ4v) is 2.07. The average molecular weight is 292 g/mol. The van der Waals surface area contributed by atoms with Crippen LogP contribution < -0.4 is 11.1 Å². The quantitative estimate of drug-likeness (QED) is 0.721. The van der Waals surface area contributed by atoms with Gasteiger partial charge in [0.1, 0.15) is 17.4 Å². The van der Waals surface area contributed by atoms with E-state index in [9.17, 15) is 4.79 Å². The van der Waals surface area contributed by atoms with Crippen LogP contribution in [0.2, 0.25) is 0 Å². The number of nitriles is 1. The molecule has 1 amide bonds. The van der Waals surface area contributed by atoms with Gasteiger partial charge in [-0.15, -0.1) is 5.10 Å². The Labute approximate surface area is 118 Å². The summed E-state index contributed by atoms with van der Waals surface area (Å²) in [6, 6.07) is 2.01. The number of nitrogens with two attached hydrogens (primary N) is 1. The standard InChI is InChI=1S/C11H12N6O2S/c1-5-6(2)19-9(7(5)3-12)14-8(18)4-20-11-15-10(13)16-17-11/h4H2,1-2H3,(H,14,18)(H3,13,15,16,17). The first kappa shape index (κ1) is 14.0. The molecule has 2 aromatic rings. The largest absolute Gasteiger partial charge is 0.444 e. The number of nitrogens with zero attached hydrogens (tertiary/aromatic N) is 3. The number of nitrogens with one attached hydrogen (secondary N) is 2. The van der Waals surface area contributed by atoms with E-state index >= 15 is 0 Å². The van der Waals surface area contributed by atoms with Crippen LogP contribution in [0, 0.1) is 25.2 Å². The minimum Gasteiger partial charge on any atom is -0.444 e. The number of nitrogen functional groups attached to an aromatic ring is 1. The summed E-state index contributed by atoms with van der Waals surface area (Å²) in [6.45, 7) is 3.50. The minimum absolute atomic E-state index is 0.0843. The summed E-state index contributed by atoms with van der Waals surface area (Å²) in [6.07, 6.45) is 0. The van der Waals surface area contributed by atoms with Crippen LogP contribution in [0.3, 0.4) is 0 Å². The van der Waals surface area contributed by atoms with Crippen LogP contribution in [0.5, 0.6) is 0 Å². The number of thioether (sulfide) groups is 1. The highest BCUT2D eigenvalue weighted by Crippen LogP contribution is 2.25. The van der Waals surface area contributed by atoms with Crippen LogP contribution in [0.15, 0.2) is 9.57 Å². The van der Waals surface area contributed by atoms with Gasteiger partial charge in [-0.3, -0.25) is 10.1 Å². The average Bonchev–Trinajstić information content (AvgIpc) is 2.92. The number of aromatic nitrogens is 3. The topological polar surface area (TPSA) is 134 Å². The van der Waals surface area contributed by atoms with Gasteiger partial charge in [-0.1, -0.05) is 11.8 Å². The van der Waals surface area contributed by atoms with Crippen molar-refractivity contribution in [1.82, 2.24) is 15.2 Å². The monoisotopic (exact) mass is 292 g/mol. The third kappa shape index (κ3) is 2.92. The first-order chi connectivity index (χ1) is 9.51. The predicted molar refractivity (Wildman–Crippen MR) is 73.0 cm³/mol. The molecule has 0 spiro atoms. The lowest BCUT2D eigenvalue weighted by Crippen LogP contribution is -2.14. The van der Waals surface area contributed by atoms with Crippen molar-refractivity contribution in [3.63, 3.8) is 0 Å². The van der Waals surface area contributed by atoms with E-state index in [0.29, 0.717) is 16.5 Å². The molecule has 0 radical (unpaired) electrons. The molecule has 9 heteroatoms. The molecule has 2 heterocycles. The zero-order valence-electron chi connectivity index (χ0n) is 10.9. The molecule has 0 aliphatic rings. The highest BCUT2D eigenvalue weighted by Gasteiger charge is 2.17. The fourth-order valence-electron chi connectivity index (χ4n) is 1.47. The van der Waals surface area contributed by atoms with Crippen molar-refractivity contribution >= 4 is 29.5 Å². The highest BCUT2D eigenvalue weighted by molar-refractivity contribution is 7.99. The van der Waals surface area contributed by atoms with Crippen molar-refractivity contribution < 1.29 is 9.21 Å². The SMILES string of the molecule is Cc1oc(NC(=O)CSc2n[nH]c(N)n2)c(C#N)c1C. The molecule has 0 aliphatic heterocycles. The summed E-state index contributed by atoms with van der Waals surface area (Å²) in [5.74, 6) is 0.732. The Morgan fingerprint density at radius 1 is 1.60 bits per heavy atom. The number of amides is 1. The second-order valence-corrected chi connectivity index (χ2v) is 4.88. The van der Waals surface area contributed by atoms with E-state index in [4.69, 9.17) is 15.4 Å². The van der Waals surface area contributed by atoms with E-state index in [1.807, 2.05) is 6.07 Å². The van der Waals surface area contributed by atoms with Gasteiger partial charge in [0.05, 0.1) is 5.75 Å². The van der Waals surface area contributed by atoms with Crippen molar-refractivity contribution in [3.05, 3.63) is 16.9 Å². The Morgan fingerprint density at radius 2 is 2.35 bits per heavy atom. The minimum atomic E-state index is -0.316. The van der Waals surface area contributed by atoms with Gasteiger partial charge in [-0.25, -0.2) is 5.10 Å². The summed E-state index contributed by atoms with van der Waals surface area (Å²) in [5, 5.41) is 18.2. The summed E-state index contributed by atoms with van der Waals surface area (Å²) in [5.41, 5.74) is 6.43. The molecule has 0 bridgehead atoms. The molecular weight excluding hydrogens is 280 g/mol. The molecule has 8 nitrogen and oxygen atoms in total. The maximum absolute atomic E-state index is 11.8. The number of carbonyl (C=O) groups is 1. The van der Waals surface area contributed by atoms with Gasteiger partial charge < -0.3 is 10.2 Å². The lowest BCUT2D eigenvalue weighted by atomic mass is 10.2. The zero-order valence-corrected chi connectivity index (χ0v) is 11.7. The number of hydrogen-bond donors (Lipinski definition) is 3. The van der Waals surface area contributed by atoms with Gasteiger partial charge in [-0.05, 0) is 13.8 Å². The Hall–Kier alpha value is -2.47. The number of furan rings is 1. The maximum Gasteiger partial charge on any atom is 0.237 e.